The number of aliphatic hydroxyl groups excluding tert-OH is 1. The number of carbonyl (C=O) groups is 1. The number of anilines is 1. The molecule has 2 aromatic heterocycles. The van der Waals surface area contributed by atoms with Gasteiger partial charge in [0.15, 0.2) is 12.2 Å². The summed E-state index contributed by atoms with van der Waals surface area (Å²) in [5.41, 5.74) is 3.74. The van der Waals surface area contributed by atoms with Gasteiger partial charge < -0.3 is 24.9 Å². The molecule has 3 aromatic rings. The van der Waals surface area contributed by atoms with E-state index in [9.17, 15) is 9.90 Å². The Bertz CT molecular complexity index is 1130. The minimum absolute atomic E-state index is 0.179. The number of nitrogens with zero attached hydrogens (tertiary/aromatic N) is 3. The molecule has 9 nitrogen and oxygen atoms in total. The molecule has 35 heavy (non-hydrogen) atoms. The number of aromatic nitrogens is 2. The SMILES string of the molecule is O=C(NC[C@H](O)CN1CCc2cc(OCc3cnco3)ccc2C1)c1cc(NC2CCC2)ccn1. The van der Waals surface area contributed by atoms with Crippen LogP contribution in [0.25, 0.3) is 0 Å². The van der Waals surface area contributed by atoms with Crippen LogP contribution in [0.2, 0.25) is 0 Å². The molecular weight excluding hydrogens is 446 g/mol. The second-order valence-electron chi connectivity index (χ2n) is 9.24. The third-order valence-corrected chi connectivity index (χ3v) is 6.57. The van der Waals surface area contributed by atoms with Gasteiger partial charge in [-0.25, -0.2) is 4.98 Å². The van der Waals surface area contributed by atoms with Gasteiger partial charge in [0.1, 0.15) is 18.1 Å². The van der Waals surface area contributed by atoms with E-state index in [1.165, 1.54) is 23.9 Å². The van der Waals surface area contributed by atoms with Crippen LogP contribution in [0.5, 0.6) is 5.75 Å². The molecule has 1 fully saturated rings. The molecule has 184 valence electrons. The number of amides is 1. The minimum Gasteiger partial charge on any atom is -0.486 e. The van der Waals surface area contributed by atoms with E-state index < -0.39 is 6.10 Å². The molecule has 3 heterocycles. The fourth-order valence-electron chi connectivity index (χ4n) is 4.40. The lowest BCUT2D eigenvalue weighted by Crippen LogP contribution is -2.42. The van der Waals surface area contributed by atoms with Crippen LogP contribution in [0, 0.1) is 0 Å². The topological polar surface area (TPSA) is 113 Å². The third kappa shape index (κ3) is 6.17. The maximum Gasteiger partial charge on any atom is 0.270 e. The number of fused-ring (bicyclic) bond motifs is 1. The van der Waals surface area contributed by atoms with Gasteiger partial charge in [0.05, 0.1) is 12.3 Å². The number of pyridine rings is 1. The van der Waals surface area contributed by atoms with Gasteiger partial charge in [-0.3, -0.25) is 14.7 Å². The number of carbonyl (C=O) groups excluding carboxylic acids is 1. The Morgan fingerprint density at radius 1 is 1.26 bits per heavy atom. The number of rotatable bonds is 10. The standard InChI is InChI=1S/C26H31N5O4/c32-22(12-29-26(33)25-11-21(6-8-28-25)30-20-2-1-3-20)15-31-9-7-18-10-23(5-4-19(18)14-31)34-16-24-13-27-17-35-24/h4-6,8,10-11,13,17,20,22,32H,1-3,7,9,12,14-16H2,(H,28,30)(H,29,33)/t22-/m0/s1. The number of β-amino-alcohol motifs (C(OH)–C–C–N with tert-alkyl or cyclic N) is 1. The highest BCUT2D eigenvalue weighted by Gasteiger charge is 2.21. The van der Waals surface area contributed by atoms with Crippen LogP contribution in [0.3, 0.4) is 0 Å². The molecule has 1 saturated carbocycles. The fourth-order valence-corrected chi connectivity index (χ4v) is 4.40. The average molecular weight is 478 g/mol. The maximum atomic E-state index is 12.5. The normalized spacial score (nSPS) is 16.7. The maximum absolute atomic E-state index is 12.5. The molecule has 0 bridgehead atoms. The van der Waals surface area contributed by atoms with Crippen molar-refractivity contribution < 1.29 is 19.1 Å². The monoisotopic (exact) mass is 477 g/mol. The summed E-state index contributed by atoms with van der Waals surface area (Å²) >= 11 is 0. The highest BCUT2D eigenvalue weighted by atomic mass is 16.5. The van der Waals surface area contributed by atoms with Crippen LogP contribution in [-0.2, 0) is 19.6 Å². The summed E-state index contributed by atoms with van der Waals surface area (Å²) in [5.74, 6) is 1.21. The van der Waals surface area contributed by atoms with E-state index in [0.717, 1.165) is 43.8 Å². The first kappa shape index (κ1) is 23.3. The van der Waals surface area contributed by atoms with Crippen molar-refractivity contribution in [2.45, 2.75) is 51.0 Å². The molecule has 2 aliphatic rings. The minimum atomic E-state index is -0.665. The molecule has 1 aliphatic carbocycles. The number of hydrogen-bond acceptors (Lipinski definition) is 8. The Morgan fingerprint density at radius 3 is 2.97 bits per heavy atom. The number of benzene rings is 1. The van der Waals surface area contributed by atoms with Crippen LogP contribution in [0.1, 0.15) is 46.6 Å². The second-order valence-corrected chi connectivity index (χ2v) is 9.24. The molecule has 3 N–H and O–H groups in total. The molecule has 1 aromatic carbocycles. The Kier molecular flexibility index (Phi) is 7.25. The summed E-state index contributed by atoms with van der Waals surface area (Å²) in [6.45, 7) is 2.59. The van der Waals surface area contributed by atoms with Crippen molar-refractivity contribution in [1.29, 1.82) is 0 Å². The van der Waals surface area contributed by atoms with Crippen molar-refractivity contribution in [2.24, 2.45) is 0 Å². The van der Waals surface area contributed by atoms with Gasteiger partial charge in [0.2, 0.25) is 0 Å². The van der Waals surface area contributed by atoms with Crippen molar-refractivity contribution >= 4 is 11.6 Å². The number of aliphatic hydroxyl groups is 1. The molecule has 1 amide bonds. The van der Waals surface area contributed by atoms with E-state index in [2.05, 4.69) is 37.6 Å². The van der Waals surface area contributed by atoms with Gasteiger partial charge >= 0.3 is 0 Å². The largest absolute Gasteiger partial charge is 0.486 e. The highest BCUT2D eigenvalue weighted by Crippen LogP contribution is 2.25. The predicted octanol–water partition coefficient (Wildman–Crippen LogP) is 2.76. The fraction of sp³-hybridized carbons (Fsp3) is 0.423. The van der Waals surface area contributed by atoms with Crippen LogP contribution in [-0.4, -0.2) is 57.7 Å². The predicted molar refractivity (Wildman–Crippen MR) is 130 cm³/mol. The van der Waals surface area contributed by atoms with Gasteiger partial charge in [-0.1, -0.05) is 6.07 Å². The van der Waals surface area contributed by atoms with Crippen LogP contribution < -0.4 is 15.4 Å². The highest BCUT2D eigenvalue weighted by molar-refractivity contribution is 5.93. The van der Waals surface area contributed by atoms with E-state index >= 15 is 0 Å². The summed E-state index contributed by atoms with van der Waals surface area (Å²) in [4.78, 5) is 22.8. The third-order valence-electron chi connectivity index (χ3n) is 6.57. The summed E-state index contributed by atoms with van der Waals surface area (Å²) in [6, 6.07) is 10.2. The number of oxazole rings is 1. The van der Waals surface area contributed by atoms with E-state index in [1.807, 2.05) is 12.1 Å². The van der Waals surface area contributed by atoms with Crippen molar-refractivity contribution in [3.05, 3.63) is 71.7 Å². The van der Waals surface area contributed by atoms with E-state index in [0.29, 0.717) is 30.6 Å². The summed E-state index contributed by atoms with van der Waals surface area (Å²) in [7, 11) is 0. The van der Waals surface area contributed by atoms with Gasteiger partial charge in [-0.2, -0.15) is 0 Å². The Labute approximate surface area is 204 Å². The molecule has 1 aliphatic heterocycles. The van der Waals surface area contributed by atoms with Gasteiger partial charge in [-0.15, -0.1) is 0 Å². The number of ether oxygens (including phenoxy) is 1. The lowest BCUT2D eigenvalue weighted by molar-refractivity contribution is 0.0838. The van der Waals surface area contributed by atoms with Crippen LogP contribution in [0.4, 0.5) is 5.69 Å². The Hall–Kier alpha value is -3.43. The number of hydrogen-bond donors (Lipinski definition) is 3. The summed E-state index contributed by atoms with van der Waals surface area (Å²) in [5, 5.41) is 16.8. The van der Waals surface area contributed by atoms with E-state index in [1.54, 1.807) is 18.5 Å². The molecule has 0 spiro atoms. The lowest BCUT2D eigenvalue weighted by atomic mass is 9.93. The lowest BCUT2D eigenvalue weighted by Gasteiger charge is -2.30. The Balaban J connectivity index is 1.07. The smallest absolute Gasteiger partial charge is 0.270 e. The zero-order chi connectivity index (χ0) is 24.0. The van der Waals surface area contributed by atoms with Gasteiger partial charge in [0, 0.05) is 44.1 Å². The van der Waals surface area contributed by atoms with Crippen molar-refractivity contribution in [3.63, 3.8) is 0 Å². The van der Waals surface area contributed by atoms with Crippen LogP contribution >= 0.6 is 0 Å². The molecule has 5 rings (SSSR count). The quantitative estimate of drug-likeness (QED) is 0.409. The summed E-state index contributed by atoms with van der Waals surface area (Å²) < 4.78 is 11.0. The molecule has 9 heteroatoms. The molecule has 0 radical (unpaired) electrons. The zero-order valence-electron chi connectivity index (χ0n) is 19.7. The first-order valence-electron chi connectivity index (χ1n) is 12.2. The van der Waals surface area contributed by atoms with Gasteiger partial charge in [-0.05, 0) is 61.1 Å². The van der Waals surface area contributed by atoms with Crippen molar-refractivity contribution in [1.82, 2.24) is 20.2 Å². The summed E-state index contributed by atoms with van der Waals surface area (Å²) in [6.07, 6.45) is 8.46. The average Bonchev–Trinajstić information content (AvgIpc) is 3.37. The van der Waals surface area contributed by atoms with E-state index in [-0.39, 0.29) is 12.5 Å². The molecule has 0 unspecified atom stereocenters. The van der Waals surface area contributed by atoms with Crippen molar-refractivity contribution in [3.8, 4) is 5.75 Å². The first-order valence-corrected chi connectivity index (χ1v) is 12.2. The zero-order valence-corrected chi connectivity index (χ0v) is 19.7. The molecular formula is C26H31N5O4. The molecule has 1 atom stereocenters. The number of nitrogens with one attached hydrogen (secondary N) is 2. The van der Waals surface area contributed by atoms with Gasteiger partial charge in [0.25, 0.3) is 5.91 Å². The molecule has 0 saturated heterocycles. The Morgan fingerprint density at radius 2 is 2.17 bits per heavy atom. The first-order chi connectivity index (χ1) is 17.1. The van der Waals surface area contributed by atoms with Crippen LogP contribution in [0.15, 0.2) is 53.5 Å². The second kappa shape index (κ2) is 10.9. The van der Waals surface area contributed by atoms with E-state index in [4.69, 9.17) is 9.15 Å². The van der Waals surface area contributed by atoms with Crippen molar-refractivity contribution in [2.75, 3.05) is 25.0 Å².